The zero-order chi connectivity index (χ0) is 14.7. The number of hydrogen-bond donors (Lipinski definition) is 1. The Hall–Kier alpha value is -1.13. The molecule has 0 spiro atoms. The molecule has 3 heterocycles. The van der Waals surface area contributed by atoms with Crippen LogP contribution in [-0.4, -0.2) is 41.2 Å². The molecule has 1 aromatic heterocycles. The van der Waals surface area contributed by atoms with Crippen LogP contribution < -0.4 is 10.1 Å². The van der Waals surface area contributed by atoms with Crippen LogP contribution in [0.5, 0.6) is 5.88 Å². The van der Waals surface area contributed by atoms with Crippen LogP contribution >= 0.6 is 0 Å². The van der Waals surface area contributed by atoms with Crippen LogP contribution in [0.15, 0.2) is 18.3 Å². The first-order valence-corrected chi connectivity index (χ1v) is 8.30. The summed E-state index contributed by atoms with van der Waals surface area (Å²) < 4.78 is 5.80. The van der Waals surface area contributed by atoms with Gasteiger partial charge in [-0.1, -0.05) is 6.07 Å². The van der Waals surface area contributed by atoms with Crippen LogP contribution in [-0.2, 0) is 6.54 Å². The third kappa shape index (κ3) is 3.74. The van der Waals surface area contributed by atoms with Gasteiger partial charge in [0.1, 0.15) is 0 Å². The molecule has 0 amide bonds. The maximum absolute atomic E-state index is 5.80. The molecule has 2 unspecified atom stereocenters. The van der Waals surface area contributed by atoms with E-state index in [1.165, 1.54) is 44.3 Å². The molecule has 2 saturated heterocycles. The predicted octanol–water partition coefficient (Wildman–Crippen LogP) is 2.59. The number of fused-ring (bicyclic) bond motifs is 1. The molecule has 2 aliphatic rings. The second-order valence-electron chi connectivity index (χ2n) is 6.57. The molecular weight excluding hydrogens is 262 g/mol. The average molecular weight is 289 g/mol. The third-order valence-electron chi connectivity index (χ3n) is 4.60. The van der Waals surface area contributed by atoms with Gasteiger partial charge in [0.2, 0.25) is 5.88 Å². The molecule has 2 fully saturated rings. The molecule has 0 radical (unpaired) electrons. The van der Waals surface area contributed by atoms with Crippen molar-refractivity contribution in [2.75, 3.05) is 13.1 Å². The van der Waals surface area contributed by atoms with Gasteiger partial charge in [-0.25, -0.2) is 4.98 Å². The summed E-state index contributed by atoms with van der Waals surface area (Å²) in [5, 5.41) is 3.72. The second-order valence-corrected chi connectivity index (χ2v) is 6.57. The molecule has 4 heteroatoms. The Bertz CT molecular complexity index is 463. The normalized spacial score (nSPS) is 26.0. The molecule has 0 saturated carbocycles. The summed E-state index contributed by atoms with van der Waals surface area (Å²) in [5.74, 6) is 0.776. The summed E-state index contributed by atoms with van der Waals surface area (Å²) in [6.07, 6.45) is 7.29. The smallest absolute Gasteiger partial charge is 0.218 e. The number of hydrogen-bond acceptors (Lipinski definition) is 4. The molecule has 1 aromatic rings. The lowest BCUT2D eigenvalue weighted by Crippen LogP contribution is -2.45. The monoisotopic (exact) mass is 289 g/mol. The summed E-state index contributed by atoms with van der Waals surface area (Å²) >= 11 is 0. The molecule has 1 N–H and O–H groups in total. The zero-order valence-electron chi connectivity index (χ0n) is 13.2. The Morgan fingerprint density at radius 1 is 1.38 bits per heavy atom. The Labute approximate surface area is 127 Å². The van der Waals surface area contributed by atoms with Crippen LogP contribution in [0, 0.1) is 0 Å². The highest BCUT2D eigenvalue weighted by molar-refractivity contribution is 5.25. The Morgan fingerprint density at radius 3 is 3.14 bits per heavy atom. The standard InChI is InChI=1S/C17H27N3O/c1-13(2)21-17-14(5-3-8-18-17)12-19-15-7-10-20-9-4-6-16(20)11-15/h3,5,8,13,15-16,19H,4,6-7,9-12H2,1-2H3. The maximum atomic E-state index is 5.80. The minimum Gasteiger partial charge on any atom is -0.475 e. The van der Waals surface area contributed by atoms with E-state index in [9.17, 15) is 0 Å². The van der Waals surface area contributed by atoms with Crippen molar-refractivity contribution in [2.45, 2.75) is 64.3 Å². The highest BCUT2D eigenvalue weighted by atomic mass is 16.5. The van der Waals surface area contributed by atoms with Crippen molar-refractivity contribution in [3.63, 3.8) is 0 Å². The van der Waals surface area contributed by atoms with Gasteiger partial charge < -0.3 is 15.0 Å². The fraction of sp³-hybridized carbons (Fsp3) is 0.706. The topological polar surface area (TPSA) is 37.4 Å². The van der Waals surface area contributed by atoms with Crippen molar-refractivity contribution in [1.29, 1.82) is 0 Å². The highest BCUT2D eigenvalue weighted by Gasteiger charge is 2.31. The van der Waals surface area contributed by atoms with Gasteiger partial charge in [-0.05, 0) is 58.7 Å². The Balaban J connectivity index is 1.55. The van der Waals surface area contributed by atoms with Gasteiger partial charge >= 0.3 is 0 Å². The van der Waals surface area contributed by atoms with Crippen molar-refractivity contribution < 1.29 is 4.74 Å². The van der Waals surface area contributed by atoms with Gasteiger partial charge in [-0.15, -0.1) is 0 Å². The van der Waals surface area contributed by atoms with E-state index >= 15 is 0 Å². The number of nitrogens with zero attached hydrogens (tertiary/aromatic N) is 2. The minimum absolute atomic E-state index is 0.167. The van der Waals surface area contributed by atoms with E-state index in [1.54, 1.807) is 6.20 Å². The van der Waals surface area contributed by atoms with Gasteiger partial charge in [-0.2, -0.15) is 0 Å². The highest BCUT2D eigenvalue weighted by Crippen LogP contribution is 2.27. The van der Waals surface area contributed by atoms with Crippen LogP contribution in [0.4, 0.5) is 0 Å². The lowest BCUT2D eigenvalue weighted by Gasteiger charge is -2.35. The van der Waals surface area contributed by atoms with Crippen LogP contribution in [0.25, 0.3) is 0 Å². The van der Waals surface area contributed by atoms with Crippen LogP contribution in [0.2, 0.25) is 0 Å². The number of rotatable bonds is 5. The van der Waals surface area contributed by atoms with Gasteiger partial charge in [0, 0.05) is 30.4 Å². The van der Waals surface area contributed by atoms with E-state index in [0.717, 1.165) is 18.5 Å². The van der Waals surface area contributed by atoms with Crippen molar-refractivity contribution in [3.8, 4) is 5.88 Å². The maximum Gasteiger partial charge on any atom is 0.218 e. The van der Waals surface area contributed by atoms with Gasteiger partial charge in [0.15, 0.2) is 0 Å². The summed E-state index contributed by atoms with van der Waals surface area (Å²) in [5.41, 5.74) is 1.17. The number of piperidine rings is 1. The SMILES string of the molecule is CC(C)Oc1ncccc1CNC1CCN2CCCC2C1. The molecule has 0 aliphatic carbocycles. The lowest BCUT2D eigenvalue weighted by molar-refractivity contribution is 0.166. The van der Waals surface area contributed by atoms with Gasteiger partial charge in [-0.3, -0.25) is 0 Å². The first-order valence-electron chi connectivity index (χ1n) is 8.30. The van der Waals surface area contributed by atoms with Crippen molar-refractivity contribution in [3.05, 3.63) is 23.9 Å². The fourth-order valence-electron chi connectivity index (χ4n) is 3.55. The Kier molecular flexibility index (Phi) is 4.76. The van der Waals surface area contributed by atoms with E-state index in [1.807, 2.05) is 19.9 Å². The van der Waals surface area contributed by atoms with E-state index in [2.05, 4.69) is 21.3 Å². The Morgan fingerprint density at radius 2 is 2.29 bits per heavy atom. The number of nitrogens with one attached hydrogen (secondary N) is 1. The molecule has 3 rings (SSSR count). The molecular formula is C17H27N3O. The summed E-state index contributed by atoms with van der Waals surface area (Å²) in [6, 6.07) is 5.56. The zero-order valence-corrected chi connectivity index (χ0v) is 13.2. The summed E-state index contributed by atoms with van der Waals surface area (Å²) in [7, 11) is 0. The number of ether oxygens (including phenoxy) is 1. The van der Waals surface area contributed by atoms with E-state index in [-0.39, 0.29) is 6.10 Å². The molecule has 21 heavy (non-hydrogen) atoms. The van der Waals surface area contributed by atoms with E-state index < -0.39 is 0 Å². The molecule has 2 aliphatic heterocycles. The minimum atomic E-state index is 0.167. The average Bonchev–Trinajstić information content (AvgIpc) is 2.93. The number of aromatic nitrogens is 1. The third-order valence-corrected chi connectivity index (χ3v) is 4.60. The lowest BCUT2D eigenvalue weighted by atomic mass is 9.97. The van der Waals surface area contributed by atoms with E-state index in [0.29, 0.717) is 6.04 Å². The first kappa shape index (κ1) is 14.8. The quantitative estimate of drug-likeness (QED) is 0.904. The van der Waals surface area contributed by atoms with Gasteiger partial charge in [0.25, 0.3) is 0 Å². The predicted molar refractivity (Wildman–Crippen MR) is 84.5 cm³/mol. The van der Waals surface area contributed by atoms with Gasteiger partial charge in [0.05, 0.1) is 6.10 Å². The van der Waals surface area contributed by atoms with Crippen LogP contribution in [0.1, 0.15) is 45.1 Å². The molecule has 0 aromatic carbocycles. The fourth-order valence-corrected chi connectivity index (χ4v) is 3.55. The second kappa shape index (κ2) is 6.75. The molecule has 116 valence electrons. The van der Waals surface area contributed by atoms with E-state index in [4.69, 9.17) is 4.74 Å². The molecule has 0 bridgehead atoms. The van der Waals surface area contributed by atoms with Crippen molar-refractivity contribution in [1.82, 2.24) is 15.2 Å². The van der Waals surface area contributed by atoms with Crippen LogP contribution in [0.3, 0.4) is 0 Å². The summed E-state index contributed by atoms with van der Waals surface area (Å²) in [4.78, 5) is 7.03. The van der Waals surface area contributed by atoms with Crippen molar-refractivity contribution >= 4 is 0 Å². The van der Waals surface area contributed by atoms with Crippen molar-refractivity contribution in [2.24, 2.45) is 0 Å². The largest absolute Gasteiger partial charge is 0.475 e. The number of pyridine rings is 1. The molecule has 2 atom stereocenters. The summed E-state index contributed by atoms with van der Waals surface area (Å²) in [6.45, 7) is 7.51. The molecule has 4 nitrogen and oxygen atoms in total. The first-order chi connectivity index (χ1) is 10.2.